The van der Waals surface area contributed by atoms with E-state index in [0.29, 0.717) is 28.3 Å². The van der Waals surface area contributed by atoms with E-state index in [9.17, 15) is 4.79 Å². The molecule has 0 amide bonds. The summed E-state index contributed by atoms with van der Waals surface area (Å²) in [6.07, 6.45) is 3.04. The lowest BCUT2D eigenvalue weighted by Gasteiger charge is -2.01. The maximum Gasteiger partial charge on any atom is 0.198 e. The second-order valence-electron chi connectivity index (χ2n) is 3.98. The third kappa shape index (κ3) is 1.30. The summed E-state index contributed by atoms with van der Waals surface area (Å²) in [6.45, 7) is 0. The van der Waals surface area contributed by atoms with Crippen LogP contribution in [0, 0.1) is 0 Å². The lowest BCUT2D eigenvalue weighted by Crippen LogP contribution is -1.91. The predicted octanol–water partition coefficient (Wildman–Crippen LogP) is 2.53. The topological polar surface area (TPSA) is 52.3 Å². The summed E-state index contributed by atoms with van der Waals surface area (Å²) < 4.78 is 10.8. The molecule has 0 radical (unpaired) electrons. The second-order valence-corrected chi connectivity index (χ2v) is 3.98. The predicted molar refractivity (Wildman–Crippen MR) is 57.9 cm³/mol. The van der Waals surface area contributed by atoms with Gasteiger partial charge in [0.1, 0.15) is 0 Å². The number of oxazole rings is 1. The van der Waals surface area contributed by atoms with E-state index in [2.05, 4.69) is 4.98 Å². The number of nitrogens with zero attached hydrogens (tertiary/aromatic N) is 1. The SMILES string of the molecule is COc1c(C=O)ccc2oc(C3CC3)nc12. The molecule has 0 aliphatic heterocycles. The molecule has 0 atom stereocenters. The zero-order valence-corrected chi connectivity index (χ0v) is 8.90. The third-order valence-electron chi connectivity index (χ3n) is 2.82. The van der Waals surface area contributed by atoms with Gasteiger partial charge in [-0.15, -0.1) is 0 Å². The number of carbonyl (C=O) groups is 1. The molecule has 1 fully saturated rings. The summed E-state index contributed by atoms with van der Waals surface area (Å²) in [6, 6.07) is 3.45. The molecule has 1 saturated carbocycles. The first-order chi connectivity index (χ1) is 7.83. The molecule has 3 rings (SSSR count). The Labute approximate surface area is 92.2 Å². The highest BCUT2D eigenvalue weighted by Gasteiger charge is 2.29. The largest absolute Gasteiger partial charge is 0.494 e. The number of hydrogen-bond donors (Lipinski definition) is 0. The van der Waals surface area contributed by atoms with E-state index in [0.717, 1.165) is 25.0 Å². The van der Waals surface area contributed by atoms with Gasteiger partial charge in [0.15, 0.2) is 29.0 Å². The minimum atomic E-state index is 0.455. The van der Waals surface area contributed by atoms with Gasteiger partial charge in [-0.1, -0.05) is 0 Å². The Kier molecular flexibility index (Phi) is 1.96. The fourth-order valence-electron chi connectivity index (χ4n) is 1.81. The van der Waals surface area contributed by atoms with Crippen LogP contribution in [0.1, 0.15) is 35.0 Å². The summed E-state index contributed by atoms with van der Waals surface area (Å²) in [5.41, 5.74) is 1.84. The van der Waals surface area contributed by atoms with Crippen LogP contribution in [0.15, 0.2) is 16.5 Å². The van der Waals surface area contributed by atoms with Crippen molar-refractivity contribution in [1.29, 1.82) is 0 Å². The van der Waals surface area contributed by atoms with Gasteiger partial charge in [-0.25, -0.2) is 4.98 Å². The summed E-state index contributed by atoms with van der Waals surface area (Å²) in [5.74, 6) is 1.72. The number of rotatable bonds is 3. The summed E-state index contributed by atoms with van der Waals surface area (Å²) >= 11 is 0. The number of fused-ring (bicyclic) bond motifs is 1. The number of benzene rings is 1. The van der Waals surface area contributed by atoms with Gasteiger partial charge in [0, 0.05) is 5.92 Å². The molecule has 0 bridgehead atoms. The molecule has 0 unspecified atom stereocenters. The lowest BCUT2D eigenvalue weighted by molar-refractivity contribution is 0.112. The van der Waals surface area contributed by atoms with E-state index in [4.69, 9.17) is 9.15 Å². The zero-order chi connectivity index (χ0) is 11.1. The highest BCUT2D eigenvalue weighted by atomic mass is 16.5. The molecule has 1 aliphatic rings. The molecule has 0 saturated heterocycles. The second kappa shape index (κ2) is 3.33. The van der Waals surface area contributed by atoms with Crippen LogP contribution in [0.4, 0.5) is 0 Å². The number of aldehydes is 1. The Hall–Kier alpha value is -1.84. The van der Waals surface area contributed by atoms with Crippen molar-refractivity contribution in [3.63, 3.8) is 0 Å². The van der Waals surface area contributed by atoms with Crippen molar-refractivity contribution < 1.29 is 13.9 Å². The smallest absolute Gasteiger partial charge is 0.198 e. The Morgan fingerprint density at radius 3 is 2.94 bits per heavy atom. The molecule has 1 aromatic heterocycles. The van der Waals surface area contributed by atoms with Gasteiger partial charge in [0.25, 0.3) is 0 Å². The molecule has 1 heterocycles. The van der Waals surface area contributed by atoms with Crippen LogP contribution in [0.3, 0.4) is 0 Å². The van der Waals surface area contributed by atoms with E-state index in [-0.39, 0.29) is 0 Å². The van der Waals surface area contributed by atoms with Crippen molar-refractivity contribution in [1.82, 2.24) is 4.98 Å². The van der Waals surface area contributed by atoms with E-state index in [1.165, 1.54) is 7.11 Å². The van der Waals surface area contributed by atoms with Crippen molar-refractivity contribution in [3.8, 4) is 5.75 Å². The molecule has 2 aromatic rings. The van der Waals surface area contributed by atoms with Gasteiger partial charge >= 0.3 is 0 Å². The van der Waals surface area contributed by atoms with Crippen LogP contribution >= 0.6 is 0 Å². The number of carbonyl (C=O) groups excluding carboxylic acids is 1. The lowest BCUT2D eigenvalue weighted by atomic mass is 10.2. The van der Waals surface area contributed by atoms with Crippen molar-refractivity contribution >= 4 is 17.4 Å². The molecule has 4 nitrogen and oxygen atoms in total. The van der Waals surface area contributed by atoms with Crippen LogP contribution in [0.2, 0.25) is 0 Å². The van der Waals surface area contributed by atoms with Gasteiger partial charge in [-0.2, -0.15) is 0 Å². The molecule has 0 N–H and O–H groups in total. The number of ether oxygens (including phenoxy) is 1. The maximum absolute atomic E-state index is 10.8. The zero-order valence-electron chi connectivity index (χ0n) is 8.90. The first-order valence-electron chi connectivity index (χ1n) is 5.26. The van der Waals surface area contributed by atoms with Gasteiger partial charge in [-0.05, 0) is 25.0 Å². The standard InChI is InChI=1S/C12H11NO3/c1-15-11-8(6-14)4-5-9-10(11)13-12(16-9)7-2-3-7/h4-7H,2-3H2,1H3. The van der Waals surface area contributed by atoms with Crippen molar-refractivity contribution in [3.05, 3.63) is 23.6 Å². The summed E-state index contributed by atoms with van der Waals surface area (Å²) in [4.78, 5) is 15.2. The molecule has 82 valence electrons. The number of aromatic nitrogens is 1. The average Bonchev–Trinajstić information content (AvgIpc) is 3.07. The molecule has 16 heavy (non-hydrogen) atoms. The van der Waals surface area contributed by atoms with Crippen molar-refractivity contribution in [2.24, 2.45) is 0 Å². The maximum atomic E-state index is 10.8. The van der Waals surface area contributed by atoms with Gasteiger partial charge in [0.2, 0.25) is 0 Å². The van der Waals surface area contributed by atoms with Crippen LogP contribution in [-0.2, 0) is 0 Å². The average molecular weight is 217 g/mol. The first-order valence-corrected chi connectivity index (χ1v) is 5.26. The quantitative estimate of drug-likeness (QED) is 0.741. The van der Waals surface area contributed by atoms with Gasteiger partial charge < -0.3 is 9.15 Å². The van der Waals surface area contributed by atoms with E-state index < -0.39 is 0 Å². The molecule has 1 aromatic carbocycles. The molecule has 1 aliphatic carbocycles. The Morgan fingerprint density at radius 1 is 1.50 bits per heavy atom. The molecule has 4 heteroatoms. The Bertz CT molecular complexity index is 555. The van der Waals surface area contributed by atoms with Gasteiger partial charge in [0.05, 0.1) is 12.7 Å². The van der Waals surface area contributed by atoms with Crippen molar-refractivity contribution in [2.45, 2.75) is 18.8 Å². The number of methoxy groups -OCH3 is 1. The third-order valence-corrected chi connectivity index (χ3v) is 2.82. The fourth-order valence-corrected chi connectivity index (χ4v) is 1.81. The minimum Gasteiger partial charge on any atom is -0.494 e. The van der Waals surface area contributed by atoms with E-state index >= 15 is 0 Å². The van der Waals surface area contributed by atoms with E-state index in [1.54, 1.807) is 12.1 Å². The van der Waals surface area contributed by atoms with Crippen LogP contribution in [0.5, 0.6) is 5.75 Å². The fraction of sp³-hybridized carbons (Fsp3) is 0.333. The Morgan fingerprint density at radius 2 is 2.31 bits per heavy atom. The number of hydrogen-bond acceptors (Lipinski definition) is 4. The molecule has 0 spiro atoms. The highest BCUT2D eigenvalue weighted by molar-refractivity contribution is 5.91. The van der Waals surface area contributed by atoms with E-state index in [1.807, 2.05) is 0 Å². The highest BCUT2D eigenvalue weighted by Crippen LogP contribution is 2.41. The monoisotopic (exact) mass is 217 g/mol. The van der Waals surface area contributed by atoms with Crippen LogP contribution in [-0.4, -0.2) is 18.4 Å². The Balaban J connectivity index is 2.24. The molecular formula is C12H11NO3. The first kappa shape index (κ1) is 9.39. The minimum absolute atomic E-state index is 0.455. The van der Waals surface area contributed by atoms with Crippen molar-refractivity contribution in [2.75, 3.05) is 7.11 Å². The summed E-state index contributed by atoms with van der Waals surface area (Å²) in [5, 5.41) is 0. The van der Waals surface area contributed by atoms with Crippen LogP contribution < -0.4 is 4.74 Å². The normalized spacial score (nSPS) is 15.3. The van der Waals surface area contributed by atoms with Crippen LogP contribution in [0.25, 0.3) is 11.1 Å². The molecular weight excluding hydrogens is 206 g/mol. The van der Waals surface area contributed by atoms with Gasteiger partial charge in [-0.3, -0.25) is 4.79 Å². The summed E-state index contributed by atoms with van der Waals surface area (Å²) in [7, 11) is 1.53.